The zero-order valence-electron chi connectivity index (χ0n) is 7.85. The van der Waals surface area contributed by atoms with Gasteiger partial charge in [0.15, 0.2) is 16.3 Å². The highest BCUT2D eigenvalue weighted by Gasteiger charge is 2.13. The number of carbonyl (C=O) groups is 2. The van der Waals surface area contributed by atoms with E-state index < -0.39 is 11.8 Å². The molecule has 3 nitrogen and oxygen atoms in total. The van der Waals surface area contributed by atoms with Crippen LogP contribution in [0.25, 0.3) is 0 Å². The number of unbranched alkanes of at least 4 members (excludes halogenated alkanes) is 4. The SMILES string of the molecule is CCCCCCCC(=O)C(=O)OBr. The minimum atomic E-state index is -0.796. The quantitative estimate of drug-likeness (QED) is 0.516. The molecular weight excluding hydrogens is 236 g/mol. The van der Waals surface area contributed by atoms with Gasteiger partial charge >= 0.3 is 5.97 Å². The Labute approximate surface area is 87.3 Å². The molecule has 0 bridgehead atoms. The maximum atomic E-state index is 10.9. The Morgan fingerprint density at radius 2 is 1.77 bits per heavy atom. The van der Waals surface area contributed by atoms with Gasteiger partial charge in [0.05, 0.1) is 0 Å². The smallest absolute Gasteiger partial charge is 0.378 e. The van der Waals surface area contributed by atoms with Gasteiger partial charge in [0.1, 0.15) is 0 Å². The molecule has 0 aromatic carbocycles. The van der Waals surface area contributed by atoms with E-state index in [1.54, 1.807) is 0 Å². The number of hydrogen-bond donors (Lipinski definition) is 0. The summed E-state index contributed by atoms with van der Waals surface area (Å²) in [6.45, 7) is 2.13. The van der Waals surface area contributed by atoms with Crippen molar-refractivity contribution < 1.29 is 13.4 Å². The first-order chi connectivity index (χ1) is 6.22. The molecular formula is C9H15BrO3. The van der Waals surface area contributed by atoms with Crippen molar-refractivity contribution in [2.75, 3.05) is 0 Å². The third kappa shape index (κ3) is 6.75. The Hall–Kier alpha value is -0.380. The molecule has 0 rings (SSSR count). The first-order valence-electron chi connectivity index (χ1n) is 4.58. The average Bonchev–Trinajstić information content (AvgIpc) is 2.16. The summed E-state index contributed by atoms with van der Waals surface area (Å²) in [4.78, 5) is 21.5. The number of carbonyl (C=O) groups excluding carboxylic acids is 2. The zero-order chi connectivity index (χ0) is 10.1. The van der Waals surface area contributed by atoms with Gasteiger partial charge < -0.3 is 3.83 Å². The summed E-state index contributed by atoms with van der Waals surface area (Å²) >= 11 is 2.48. The fourth-order valence-corrected chi connectivity index (χ4v) is 1.21. The summed E-state index contributed by atoms with van der Waals surface area (Å²) in [7, 11) is 0. The van der Waals surface area contributed by atoms with Crippen molar-refractivity contribution in [2.24, 2.45) is 0 Å². The first-order valence-corrected chi connectivity index (χ1v) is 5.22. The Bertz CT molecular complexity index is 168. The van der Waals surface area contributed by atoms with E-state index in [0.29, 0.717) is 6.42 Å². The summed E-state index contributed by atoms with van der Waals surface area (Å²) in [6, 6.07) is 0. The van der Waals surface area contributed by atoms with Gasteiger partial charge in [0, 0.05) is 6.42 Å². The Morgan fingerprint density at radius 1 is 1.15 bits per heavy atom. The maximum Gasteiger partial charge on any atom is 0.386 e. The van der Waals surface area contributed by atoms with Gasteiger partial charge in [0.2, 0.25) is 5.78 Å². The van der Waals surface area contributed by atoms with Gasteiger partial charge in [-0.15, -0.1) is 0 Å². The molecule has 0 unspecified atom stereocenters. The van der Waals surface area contributed by atoms with E-state index in [2.05, 4.69) is 27.0 Å². The predicted molar refractivity (Wildman–Crippen MR) is 53.4 cm³/mol. The monoisotopic (exact) mass is 250 g/mol. The molecule has 0 radical (unpaired) electrons. The third-order valence-corrected chi connectivity index (χ3v) is 2.10. The summed E-state index contributed by atoms with van der Waals surface area (Å²) in [5.74, 6) is -1.25. The van der Waals surface area contributed by atoms with Crippen LogP contribution in [-0.2, 0) is 13.4 Å². The van der Waals surface area contributed by atoms with Crippen molar-refractivity contribution in [2.45, 2.75) is 45.4 Å². The molecule has 0 aliphatic rings. The van der Waals surface area contributed by atoms with Crippen molar-refractivity contribution >= 4 is 28.0 Å². The van der Waals surface area contributed by atoms with E-state index in [9.17, 15) is 9.59 Å². The Balaban J connectivity index is 3.32. The molecule has 0 amide bonds. The van der Waals surface area contributed by atoms with Gasteiger partial charge in [-0.3, -0.25) is 4.79 Å². The van der Waals surface area contributed by atoms with Crippen LogP contribution in [0.3, 0.4) is 0 Å². The van der Waals surface area contributed by atoms with Gasteiger partial charge in [-0.25, -0.2) is 4.79 Å². The van der Waals surface area contributed by atoms with Gasteiger partial charge in [0.25, 0.3) is 0 Å². The molecule has 0 saturated carbocycles. The van der Waals surface area contributed by atoms with E-state index in [1.165, 1.54) is 12.8 Å². The number of ketones is 1. The predicted octanol–water partition coefficient (Wildman–Crippen LogP) is 2.77. The van der Waals surface area contributed by atoms with Crippen LogP contribution in [0.5, 0.6) is 0 Å². The van der Waals surface area contributed by atoms with E-state index in [0.717, 1.165) is 19.3 Å². The zero-order valence-corrected chi connectivity index (χ0v) is 9.43. The third-order valence-electron chi connectivity index (χ3n) is 1.81. The van der Waals surface area contributed by atoms with E-state index in [1.807, 2.05) is 0 Å². The number of Topliss-reactive ketones (excluding diaryl/α,β-unsaturated/α-hetero) is 1. The van der Waals surface area contributed by atoms with Crippen molar-refractivity contribution in [1.82, 2.24) is 0 Å². The Morgan fingerprint density at radius 3 is 2.31 bits per heavy atom. The molecule has 0 spiro atoms. The minimum absolute atomic E-state index is 0.300. The van der Waals surface area contributed by atoms with Crippen LogP contribution in [0.4, 0.5) is 0 Å². The molecule has 0 fully saturated rings. The fraction of sp³-hybridized carbons (Fsp3) is 0.778. The lowest BCUT2D eigenvalue weighted by molar-refractivity contribution is -0.145. The van der Waals surface area contributed by atoms with Gasteiger partial charge in [-0.2, -0.15) is 0 Å². The van der Waals surface area contributed by atoms with Crippen LogP contribution in [0.2, 0.25) is 0 Å². The first kappa shape index (κ1) is 12.6. The van der Waals surface area contributed by atoms with Crippen LogP contribution < -0.4 is 0 Å². The maximum absolute atomic E-state index is 10.9. The summed E-state index contributed by atoms with van der Waals surface area (Å²) < 4.78 is 4.11. The molecule has 0 heterocycles. The highest BCUT2D eigenvalue weighted by atomic mass is 79.9. The lowest BCUT2D eigenvalue weighted by Gasteiger charge is -1.97. The van der Waals surface area contributed by atoms with Gasteiger partial charge in [-0.05, 0) is 6.42 Å². The molecule has 0 aromatic heterocycles. The van der Waals surface area contributed by atoms with Crippen LogP contribution in [0.15, 0.2) is 0 Å². The standard InChI is InChI=1S/C9H15BrO3/c1-2-3-4-5-6-7-8(11)9(12)13-10/h2-7H2,1H3. The van der Waals surface area contributed by atoms with E-state index in [4.69, 9.17) is 0 Å². The second-order valence-electron chi connectivity index (χ2n) is 2.95. The van der Waals surface area contributed by atoms with Crippen LogP contribution in [0, 0.1) is 0 Å². The van der Waals surface area contributed by atoms with E-state index in [-0.39, 0.29) is 0 Å². The Kier molecular flexibility index (Phi) is 7.99. The summed E-state index contributed by atoms with van der Waals surface area (Å²) in [5.41, 5.74) is 0. The molecule has 0 atom stereocenters. The average molecular weight is 251 g/mol. The molecule has 0 aliphatic carbocycles. The molecule has 0 aromatic rings. The molecule has 0 N–H and O–H groups in total. The summed E-state index contributed by atoms with van der Waals surface area (Å²) in [5, 5.41) is 0. The highest BCUT2D eigenvalue weighted by Crippen LogP contribution is 2.06. The molecule has 4 heteroatoms. The normalized spacial score (nSPS) is 9.69. The largest absolute Gasteiger partial charge is 0.386 e. The van der Waals surface area contributed by atoms with Gasteiger partial charge in [-0.1, -0.05) is 32.6 Å². The van der Waals surface area contributed by atoms with Crippen LogP contribution >= 0.6 is 16.3 Å². The topological polar surface area (TPSA) is 43.4 Å². The molecule has 0 saturated heterocycles. The second kappa shape index (κ2) is 8.23. The van der Waals surface area contributed by atoms with Crippen molar-refractivity contribution in [1.29, 1.82) is 0 Å². The van der Waals surface area contributed by atoms with Crippen LogP contribution in [0.1, 0.15) is 45.4 Å². The number of rotatable bonds is 7. The minimum Gasteiger partial charge on any atom is -0.378 e. The molecule has 13 heavy (non-hydrogen) atoms. The van der Waals surface area contributed by atoms with Crippen molar-refractivity contribution in [3.63, 3.8) is 0 Å². The van der Waals surface area contributed by atoms with Crippen molar-refractivity contribution in [3.8, 4) is 0 Å². The lowest BCUT2D eigenvalue weighted by atomic mass is 10.1. The highest BCUT2D eigenvalue weighted by molar-refractivity contribution is 9.06. The second-order valence-corrected chi connectivity index (χ2v) is 3.28. The van der Waals surface area contributed by atoms with Crippen molar-refractivity contribution in [3.05, 3.63) is 0 Å². The lowest BCUT2D eigenvalue weighted by Crippen LogP contribution is -2.12. The molecule has 0 aliphatic heterocycles. The van der Waals surface area contributed by atoms with Crippen LogP contribution in [-0.4, -0.2) is 11.8 Å². The fourth-order valence-electron chi connectivity index (χ4n) is 1.03. The molecule has 76 valence electrons. The number of hydrogen-bond acceptors (Lipinski definition) is 3. The van der Waals surface area contributed by atoms with E-state index >= 15 is 0 Å². The summed E-state index contributed by atoms with van der Waals surface area (Å²) in [6.07, 6.45) is 5.59. The number of halogens is 1.